The molecule has 0 radical (unpaired) electrons. The Morgan fingerprint density at radius 3 is 2.88 bits per heavy atom. The number of fused-ring (bicyclic) bond motifs is 1. The van der Waals surface area contributed by atoms with E-state index in [1.807, 2.05) is 22.8 Å². The number of nitrogens with zero attached hydrogens (tertiary/aromatic N) is 5. The Hall–Kier alpha value is -2.25. The molecule has 0 unspecified atom stereocenters. The number of pyridine rings is 1. The largest absolute Gasteiger partial charge is 0.282 e. The Labute approximate surface area is 145 Å². The summed E-state index contributed by atoms with van der Waals surface area (Å²) < 4.78 is 18.0. The van der Waals surface area contributed by atoms with Crippen LogP contribution in [0.4, 0.5) is 5.82 Å². The zero-order valence-corrected chi connectivity index (χ0v) is 14.9. The van der Waals surface area contributed by atoms with Crippen LogP contribution in [0.3, 0.4) is 0 Å². The molecular weight excluding hydrogens is 346 g/mol. The number of aromatic nitrogens is 4. The molecule has 0 saturated heterocycles. The van der Waals surface area contributed by atoms with E-state index in [4.69, 9.17) is 11.6 Å². The lowest BCUT2D eigenvalue weighted by Gasteiger charge is -2.09. The lowest BCUT2D eigenvalue weighted by molar-refractivity contribution is 0.684. The smallest absolute Gasteiger partial charge is 0.224 e. The van der Waals surface area contributed by atoms with Gasteiger partial charge in [-0.15, -0.1) is 6.58 Å². The first-order valence-electron chi connectivity index (χ1n) is 7.16. The first-order valence-corrected chi connectivity index (χ1v) is 9.86. The lowest BCUT2D eigenvalue weighted by atomic mass is 10.3. The van der Waals surface area contributed by atoms with Gasteiger partial charge in [-0.05, 0) is 29.8 Å². The molecular formula is C16H16ClN5OS. The monoisotopic (exact) mass is 361 g/mol. The quantitative estimate of drug-likeness (QED) is 0.526. The van der Waals surface area contributed by atoms with Crippen LogP contribution in [0.25, 0.3) is 16.9 Å². The van der Waals surface area contributed by atoms with Crippen LogP contribution in [0.5, 0.6) is 0 Å². The van der Waals surface area contributed by atoms with Crippen LogP contribution in [0.1, 0.15) is 5.69 Å². The third kappa shape index (κ3) is 3.47. The van der Waals surface area contributed by atoms with E-state index in [0.29, 0.717) is 23.7 Å². The topological polar surface area (TPSA) is 73.0 Å². The molecule has 0 atom stereocenters. The van der Waals surface area contributed by atoms with Crippen molar-refractivity contribution in [1.29, 1.82) is 0 Å². The summed E-state index contributed by atoms with van der Waals surface area (Å²) in [6, 6.07) is 7.35. The summed E-state index contributed by atoms with van der Waals surface area (Å²) in [5.74, 6) is 1.04. The van der Waals surface area contributed by atoms with Crippen molar-refractivity contribution in [3.63, 3.8) is 0 Å². The second-order valence-electron chi connectivity index (χ2n) is 5.51. The van der Waals surface area contributed by atoms with Gasteiger partial charge < -0.3 is 0 Å². The number of hydrogen-bond acceptors (Lipinski definition) is 5. The molecule has 24 heavy (non-hydrogen) atoms. The predicted octanol–water partition coefficient (Wildman–Crippen LogP) is 3.56. The SMILES string of the molecule is C=CCc1cc2cnc(Cl)nc2n1-c1cccc(N=S(C)(C)=O)n1. The molecule has 3 aromatic rings. The van der Waals surface area contributed by atoms with Gasteiger partial charge >= 0.3 is 0 Å². The molecule has 0 aliphatic rings. The summed E-state index contributed by atoms with van der Waals surface area (Å²) >= 11 is 5.95. The predicted molar refractivity (Wildman–Crippen MR) is 97.6 cm³/mol. The highest BCUT2D eigenvalue weighted by Gasteiger charge is 2.13. The van der Waals surface area contributed by atoms with E-state index in [2.05, 4.69) is 25.9 Å². The zero-order valence-electron chi connectivity index (χ0n) is 13.3. The Morgan fingerprint density at radius 1 is 1.38 bits per heavy atom. The molecule has 6 nitrogen and oxygen atoms in total. The molecule has 0 N–H and O–H groups in total. The molecule has 0 bridgehead atoms. The molecule has 0 amide bonds. The highest BCUT2D eigenvalue weighted by molar-refractivity contribution is 7.92. The Kier molecular flexibility index (Phi) is 4.38. The van der Waals surface area contributed by atoms with Crippen LogP contribution in [-0.4, -0.2) is 36.2 Å². The molecule has 8 heteroatoms. The fraction of sp³-hybridized carbons (Fsp3) is 0.188. The average molecular weight is 362 g/mol. The fourth-order valence-electron chi connectivity index (χ4n) is 2.39. The van der Waals surface area contributed by atoms with Crippen LogP contribution < -0.4 is 0 Å². The summed E-state index contributed by atoms with van der Waals surface area (Å²) in [7, 11) is -2.29. The van der Waals surface area contributed by atoms with E-state index < -0.39 is 9.73 Å². The van der Waals surface area contributed by atoms with E-state index in [9.17, 15) is 4.21 Å². The van der Waals surface area contributed by atoms with E-state index in [1.165, 1.54) is 0 Å². The standard InChI is InChI=1S/C16H16ClN5OS/c1-4-6-12-9-11-10-18-16(17)20-15(11)22(12)14-8-5-7-13(19-14)21-24(2,3)23/h4-5,7-10H,1,6H2,2-3H3. The van der Waals surface area contributed by atoms with Crippen molar-refractivity contribution in [2.75, 3.05) is 12.5 Å². The van der Waals surface area contributed by atoms with Crippen molar-refractivity contribution in [3.05, 3.63) is 54.1 Å². The Balaban J connectivity index is 2.27. The van der Waals surface area contributed by atoms with E-state index >= 15 is 0 Å². The highest BCUT2D eigenvalue weighted by Crippen LogP contribution is 2.24. The van der Waals surface area contributed by atoms with Gasteiger partial charge in [-0.2, -0.15) is 9.35 Å². The van der Waals surface area contributed by atoms with Gasteiger partial charge in [-0.25, -0.2) is 14.2 Å². The van der Waals surface area contributed by atoms with Gasteiger partial charge in [0, 0.05) is 45.9 Å². The minimum atomic E-state index is -2.29. The summed E-state index contributed by atoms with van der Waals surface area (Å²) in [6.45, 7) is 3.79. The average Bonchev–Trinajstić information content (AvgIpc) is 2.83. The minimum absolute atomic E-state index is 0.165. The minimum Gasteiger partial charge on any atom is -0.282 e. The molecule has 0 aromatic carbocycles. The first kappa shape index (κ1) is 16.6. The van der Waals surface area contributed by atoms with Gasteiger partial charge in [0.15, 0.2) is 11.5 Å². The Bertz CT molecular complexity index is 1040. The third-order valence-electron chi connectivity index (χ3n) is 3.20. The van der Waals surface area contributed by atoms with Crippen molar-refractivity contribution in [3.8, 4) is 5.82 Å². The lowest BCUT2D eigenvalue weighted by Crippen LogP contribution is -2.03. The van der Waals surface area contributed by atoms with Gasteiger partial charge in [0.2, 0.25) is 5.28 Å². The number of rotatable bonds is 4. The zero-order chi connectivity index (χ0) is 17.3. The summed E-state index contributed by atoms with van der Waals surface area (Å²) in [5.41, 5.74) is 1.61. The number of hydrogen-bond donors (Lipinski definition) is 0. The van der Waals surface area contributed by atoms with Gasteiger partial charge in [0.25, 0.3) is 0 Å². The van der Waals surface area contributed by atoms with Gasteiger partial charge in [0.05, 0.1) is 0 Å². The van der Waals surface area contributed by atoms with Crippen molar-refractivity contribution >= 4 is 38.2 Å². The van der Waals surface area contributed by atoms with E-state index in [-0.39, 0.29) is 5.28 Å². The molecule has 3 heterocycles. The second-order valence-corrected chi connectivity index (χ2v) is 8.39. The summed E-state index contributed by atoms with van der Waals surface area (Å²) in [4.78, 5) is 12.8. The van der Waals surface area contributed by atoms with E-state index in [1.54, 1.807) is 30.9 Å². The number of allylic oxidation sites excluding steroid dienone is 1. The van der Waals surface area contributed by atoms with Crippen molar-refractivity contribution in [2.24, 2.45) is 4.36 Å². The van der Waals surface area contributed by atoms with Crippen LogP contribution in [-0.2, 0) is 16.1 Å². The molecule has 0 aliphatic carbocycles. The maximum absolute atomic E-state index is 11.9. The molecule has 3 rings (SSSR count). The normalized spacial score (nSPS) is 11.6. The highest BCUT2D eigenvalue weighted by atomic mass is 35.5. The van der Waals surface area contributed by atoms with E-state index in [0.717, 1.165) is 11.1 Å². The van der Waals surface area contributed by atoms with Crippen molar-refractivity contribution < 1.29 is 4.21 Å². The van der Waals surface area contributed by atoms with Crippen LogP contribution in [0, 0.1) is 0 Å². The summed E-state index contributed by atoms with van der Waals surface area (Å²) in [6.07, 6.45) is 7.26. The molecule has 124 valence electrons. The molecule has 0 spiro atoms. The molecule has 3 aromatic heterocycles. The van der Waals surface area contributed by atoms with Gasteiger partial charge in [-0.1, -0.05) is 12.1 Å². The maximum Gasteiger partial charge on any atom is 0.224 e. The second kappa shape index (κ2) is 6.33. The summed E-state index contributed by atoms with van der Waals surface area (Å²) in [5, 5.41) is 1.02. The fourth-order valence-corrected chi connectivity index (χ4v) is 3.07. The molecule has 0 fully saturated rings. The van der Waals surface area contributed by atoms with Gasteiger partial charge in [0.1, 0.15) is 5.82 Å². The van der Waals surface area contributed by atoms with Crippen molar-refractivity contribution in [2.45, 2.75) is 6.42 Å². The molecule has 0 saturated carbocycles. The van der Waals surface area contributed by atoms with Crippen LogP contribution in [0.15, 0.2) is 47.5 Å². The third-order valence-corrected chi connectivity index (χ3v) is 4.01. The van der Waals surface area contributed by atoms with Crippen molar-refractivity contribution in [1.82, 2.24) is 19.5 Å². The van der Waals surface area contributed by atoms with Crippen LogP contribution >= 0.6 is 11.6 Å². The first-order chi connectivity index (χ1) is 11.4. The maximum atomic E-state index is 11.9. The molecule has 0 aliphatic heterocycles. The van der Waals surface area contributed by atoms with Gasteiger partial charge in [-0.3, -0.25) is 4.57 Å². The Morgan fingerprint density at radius 2 is 2.17 bits per heavy atom. The number of halogens is 1. The van der Waals surface area contributed by atoms with Crippen LogP contribution in [0.2, 0.25) is 5.28 Å².